The molecule has 7 heteroatoms. The Morgan fingerprint density at radius 1 is 0.970 bits per heavy atom. The summed E-state index contributed by atoms with van der Waals surface area (Å²) in [5.41, 5.74) is 4.54. The highest BCUT2D eigenvalue weighted by molar-refractivity contribution is 5.94. The van der Waals surface area contributed by atoms with E-state index in [9.17, 15) is 4.79 Å². The fraction of sp³-hybridized carbons (Fsp3) is 0.231. The number of amides is 1. The lowest BCUT2D eigenvalue weighted by Gasteiger charge is -2.10. The number of nitrogens with one attached hydrogen (secondary N) is 1. The summed E-state index contributed by atoms with van der Waals surface area (Å²) in [6, 6.07) is 16.9. The average Bonchev–Trinajstić information content (AvgIpc) is 3.24. The molecule has 1 amide bonds. The Hall–Kier alpha value is -4.00. The van der Waals surface area contributed by atoms with Gasteiger partial charge in [0.25, 0.3) is 5.91 Å². The van der Waals surface area contributed by atoms with Crippen molar-refractivity contribution in [3.63, 3.8) is 0 Å². The Morgan fingerprint density at radius 3 is 2.52 bits per heavy atom. The first-order valence-corrected chi connectivity index (χ1v) is 10.7. The maximum atomic E-state index is 12.5. The van der Waals surface area contributed by atoms with Crippen LogP contribution in [0.3, 0.4) is 0 Å². The molecule has 2 aromatic carbocycles. The van der Waals surface area contributed by atoms with Crippen molar-refractivity contribution in [1.29, 1.82) is 0 Å². The van der Waals surface area contributed by atoms with Crippen LogP contribution in [0.1, 0.15) is 27.2 Å². The van der Waals surface area contributed by atoms with Crippen LogP contribution in [0.25, 0.3) is 5.65 Å². The van der Waals surface area contributed by atoms with E-state index >= 15 is 0 Å². The van der Waals surface area contributed by atoms with Crippen molar-refractivity contribution in [2.45, 2.75) is 20.0 Å². The van der Waals surface area contributed by atoms with Gasteiger partial charge < -0.3 is 23.9 Å². The van der Waals surface area contributed by atoms with Crippen LogP contribution in [0.15, 0.2) is 67.0 Å². The van der Waals surface area contributed by atoms with Crippen LogP contribution in [0.2, 0.25) is 0 Å². The molecule has 0 unspecified atom stereocenters. The van der Waals surface area contributed by atoms with E-state index in [4.69, 9.17) is 14.2 Å². The van der Waals surface area contributed by atoms with Gasteiger partial charge in [-0.25, -0.2) is 4.98 Å². The summed E-state index contributed by atoms with van der Waals surface area (Å²) in [6.45, 7) is 2.92. The van der Waals surface area contributed by atoms with Gasteiger partial charge >= 0.3 is 0 Å². The van der Waals surface area contributed by atoms with Gasteiger partial charge in [0.1, 0.15) is 18.0 Å². The van der Waals surface area contributed by atoms with Crippen molar-refractivity contribution in [3.05, 3.63) is 89.4 Å². The first kappa shape index (κ1) is 22.2. The SMILES string of the molecule is COc1ccc(CCNC(=O)c2ccc(OCc3cn4cc(C)ccc4n3)cc2)cc1OC. The van der Waals surface area contributed by atoms with Crippen molar-refractivity contribution >= 4 is 11.6 Å². The van der Waals surface area contributed by atoms with Crippen LogP contribution in [0.4, 0.5) is 0 Å². The topological polar surface area (TPSA) is 74.1 Å². The summed E-state index contributed by atoms with van der Waals surface area (Å²) >= 11 is 0. The van der Waals surface area contributed by atoms with Gasteiger partial charge in [-0.05, 0) is 66.9 Å². The number of carbonyl (C=O) groups is 1. The predicted octanol–water partition coefficient (Wildman–Crippen LogP) is 4.21. The number of hydrogen-bond donors (Lipinski definition) is 1. The van der Waals surface area contributed by atoms with Gasteiger partial charge in [0.15, 0.2) is 11.5 Å². The number of rotatable bonds is 9. The van der Waals surface area contributed by atoms with Crippen molar-refractivity contribution in [3.8, 4) is 17.2 Å². The van der Waals surface area contributed by atoms with Crippen LogP contribution < -0.4 is 19.5 Å². The fourth-order valence-corrected chi connectivity index (χ4v) is 3.54. The van der Waals surface area contributed by atoms with Crippen LogP contribution in [0, 0.1) is 6.92 Å². The standard InChI is InChI=1S/C26H27N3O4/c1-18-4-11-25-28-21(16-29(25)15-18)17-33-22-8-6-20(7-9-22)26(30)27-13-12-19-5-10-23(31-2)24(14-19)32-3/h4-11,14-16H,12-13,17H2,1-3H3,(H,27,30). The van der Waals surface area contributed by atoms with E-state index < -0.39 is 0 Å². The number of hydrogen-bond acceptors (Lipinski definition) is 5. The van der Waals surface area contributed by atoms with Crippen LogP contribution in [-0.2, 0) is 13.0 Å². The van der Waals surface area contributed by atoms with Gasteiger partial charge in [-0.3, -0.25) is 4.79 Å². The highest BCUT2D eigenvalue weighted by Gasteiger charge is 2.08. The monoisotopic (exact) mass is 445 g/mol. The Balaban J connectivity index is 1.28. The minimum absolute atomic E-state index is 0.127. The number of methoxy groups -OCH3 is 2. The normalized spacial score (nSPS) is 10.8. The molecule has 1 N–H and O–H groups in total. The zero-order valence-electron chi connectivity index (χ0n) is 19.0. The van der Waals surface area contributed by atoms with Crippen molar-refractivity contribution < 1.29 is 19.0 Å². The van der Waals surface area contributed by atoms with Crippen LogP contribution >= 0.6 is 0 Å². The first-order valence-electron chi connectivity index (χ1n) is 10.7. The van der Waals surface area contributed by atoms with E-state index in [-0.39, 0.29) is 5.91 Å². The maximum Gasteiger partial charge on any atom is 0.251 e. The second-order valence-electron chi connectivity index (χ2n) is 7.71. The molecular weight excluding hydrogens is 418 g/mol. The molecule has 2 aromatic heterocycles. The van der Waals surface area contributed by atoms with Gasteiger partial charge in [0, 0.05) is 24.5 Å². The lowest BCUT2D eigenvalue weighted by atomic mass is 10.1. The first-order chi connectivity index (χ1) is 16.1. The van der Waals surface area contributed by atoms with Crippen molar-refractivity contribution in [2.24, 2.45) is 0 Å². The third kappa shape index (κ3) is 5.44. The Morgan fingerprint density at radius 2 is 1.76 bits per heavy atom. The number of benzene rings is 2. The molecule has 2 heterocycles. The molecule has 0 aliphatic carbocycles. The van der Waals surface area contributed by atoms with Crippen LogP contribution in [0.5, 0.6) is 17.2 Å². The van der Waals surface area contributed by atoms with E-state index in [1.54, 1.807) is 38.5 Å². The largest absolute Gasteiger partial charge is 0.493 e. The van der Waals surface area contributed by atoms with E-state index in [1.807, 2.05) is 54.0 Å². The number of aryl methyl sites for hydroxylation is 1. The minimum atomic E-state index is -0.127. The Kier molecular flexibility index (Phi) is 6.78. The number of ether oxygens (including phenoxy) is 3. The average molecular weight is 446 g/mol. The number of imidazole rings is 1. The number of pyridine rings is 1. The molecule has 0 bridgehead atoms. The van der Waals surface area contributed by atoms with Gasteiger partial charge in [0.05, 0.1) is 19.9 Å². The molecule has 4 rings (SSSR count). The molecule has 0 aliphatic heterocycles. The zero-order valence-corrected chi connectivity index (χ0v) is 19.0. The third-order valence-corrected chi connectivity index (χ3v) is 5.30. The zero-order chi connectivity index (χ0) is 23.2. The molecular formula is C26H27N3O4. The highest BCUT2D eigenvalue weighted by Crippen LogP contribution is 2.27. The summed E-state index contributed by atoms with van der Waals surface area (Å²) in [4.78, 5) is 17.0. The van der Waals surface area contributed by atoms with Crippen molar-refractivity contribution in [1.82, 2.24) is 14.7 Å². The molecule has 0 saturated heterocycles. The van der Waals surface area contributed by atoms with E-state index in [0.29, 0.717) is 42.4 Å². The second kappa shape index (κ2) is 10.1. The minimum Gasteiger partial charge on any atom is -0.493 e. The van der Waals surface area contributed by atoms with E-state index in [0.717, 1.165) is 16.9 Å². The number of nitrogens with zero attached hydrogens (tertiary/aromatic N) is 2. The Bertz CT molecular complexity index is 1250. The predicted molar refractivity (Wildman–Crippen MR) is 126 cm³/mol. The number of fused-ring (bicyclic) bond motifs is 1. The van der Waals surface area contributed by atoms with Gasteiger partial charge in [0.2, 0.25) is 0 Å². The summed E-state index contributed by atoms with van der Waals surface area (Å²) in [7, 11) is 3.21. The van der Waals surface area contributed by atoms with E-state index in [2.05, 4.69) is 10.3 Å². The lowest BCUT2D eigenvalue weighted by Crippen LogP contribution is -2.25. The van der Waals surface area contributed by atoms with Gasteiger partial charge in [-0.15, -0.1) is 0 Å². The maximum absolute atomic E-state index is 12.5. The molecule has 170 valence electrons. The number of carbonyl (C=O) groups excluding carboxylic acids is 1. The van der Waals surface area contributed by atoms with Crippen LogP contribution in [-0.4, -0.2) is 36.1 Å². The Labute approximate surface area is 192 Å². The summed E-state index contributed by atoms with van der Waals surface area (Å²) < 4.78 is 18.4. The van der Waals surface area contributed by atoms with Gasteiger partial charge in [-0.2, -0.15) is 0 Å². The quantitative estimate of drug-likeness (QED) is 0.418. The second-order valence-corrected chi connectivity index (χ2v) is 7.71. The van der Waals surface area contributed by atoms with Crippen molar-refractivity contribution in [2.75, 3.05) is 20.8 Å². The summed E-state index contributed by atoms with van der Waals surface area (Å²) in [6.07, 6.45) is 4.68. The lowest BCUT2D eigenvalue weighted by molar-refractivity contribution is 0.0954. The summed E-state index contributed by atoms with van der Waals surface area (Å²) in [5.74, 6) is 1.92. The molecule has 0 aliphatic rings. The molecule has 7 nitrogen and oxygen atoms in total. The molecule has 0 atom stereocenters. The molecule has 0 radical (unpaired) electrons. The molecule has 0 fully saturated rings. The van der Waals surface area contributed by atoms with Gasteiger partial charge in [-0.1, -0.05) is 12.1 Å². The third-order valence-electron chi connectivity index (χ3n) is 5.30. The molecule has 33 heavy (non-hydrogen) atoms. The van der Waals surface area contributed by atoms with E-state index in [1.165, 1.54) is 5.56 Å². The fourth-order valence-electron chi connectivity index (χ4n) is 3.54. The highest BCUT2D eigenvalue weighted by atomic mass is 16.5. The molecule has 0 saturated carbocycles. The molecule has 0 spiro atoms. The summed E-state index contributed by atoms with van der Waals surface area (Å²) in [5, 5.41) is 2.95. The smallest absolute Gasteiger partial charge is 0.251 e. The number of aromatic nitrogens is 2. The molecule has 4 aromatic rings.